The SMILES string of the molecule is CC#CCNc1ccc(N)cn1. The zero-order valence-corrected chi connectivity index (χ0v) is 6.96. The molecule has 1 rings (SSSR count). The van der Waals surface area contributed by atoms with E-state index in [9.17, 15) is 0 Å². The first-order valence-electron chi connectivity index (χ1n) is 3.68. The average Bonchev–Trinajstić information content (AvgIpc) is 2.09. The third kappa shape index (κ3) is 2.51. The Balaban J connectivity index is 2.51. The van der Waals surface area contributed by atoms with E-state index >= 15 is 0 Å². The summed E-state index contributed by atoms with van der Waals surface area (Å²) in [7, 11) is 0. The molecule has 1 heterocycles. The molecule has 1 aromatic rings. The second-order valence-corrected chi connectivity index (χ2v) is 2.26. The molecule has 0 atom stereocenters. The highest BCUT2D eigenvalue weighted by atomic mass is 15.0. The van der Waals surface area contributed by atoms with E-state index in [0.717, 1.165) is 5.82 Å². The smallest absolute Gasteiger partial charge is 0.126 e. The quantitative estimate of drug-likeness (QED) is 0.638. The predicted molar refractivity (Wildman–Crippen MR) is 50.6 cm³/mol. The maximum Gasteiger partial charge on any atom is 0.126 e. The molecule has 0 bridgehead atoms. The van der Waals surface area contributed by atoms with E-state index in [0.29, 0.717) is 12.2 Å². The number of rotatable bonds is 2. The topological polar surface area (TPSA) is 50.9 Å². The molecule has 3 nitrogen and oxygen atoms in total. The molecule has 0 saturated carbocycles. The van der Waals surface area contributed by atoms with Gasteiger partial charge >= 0.3 is 0 Å². The van der Waals surface area contributed by atoms with Gasteiger partial charge in [0.05, 0.1) is 18.4 Å². The maximum atomic E-state index is 5.46. The second-order valence-electron chi connectivity index (χ2n) is 2.26. The summed E-state index contributed by atoms with van der Waals surface area (Å²) in [5, 5.41) is 3.03. The van der Waals surface area contributed by atoms with Gasteiger partial charge in [-0.1, -0.05) is 5.92 Å². The molecular weight excluding hydrogens is 150 g/mol. The Morgan fingerprint density at radius 1 is 1.58 bits per heavy atom. The molecule has 0 saturated heterocycles. The van der Waals surface area contributed by atoms with Gasteiger partial charge in [0.2, 0.25) is 0 Å². The summed E-state index contributed by atoms with van der Waals surface area (Å²) in [5.41, 5.74) is 6.13. The second kappa shape index (κ2) is 4.24. The number of pyridine rings is 1. The molecule has 0 aliphatic carbocycles. The largest absolute Gasteiger partial charge is 0.397 e. The zero-order valence-electron chi connectivity index (χ0n) is 6.96. The van der Waals surface area contributed by atoms with E-state index < -0.39 is 0 Å². The van der Waals surface area contributed by atoms with Crippen molar-refractivity contribution in [2.45, 2.75) is 6.92 Å². The minimum Gasteiger partial charge on any atom is -0.397 e. The summed E-state index contributed by atoms with van der Waals surface area (Å²) in [6.07, 6.45) is 1.61. The number of nitrogens with zero attached hydrogens (tertiary/aromatic N) is 1. The van der Waals surface area contributed by atoms with Crippen LogP contribution in [0.4, 0.5) is 11.5 Å². The van der Waals surface area contributed by atoms with Gasteiger partial charge in [-0.3, -0.25) is 0 Å². The van der Waals surface area contributed by atoms with Gasteiger partial charge in [0.25, 0.3) is 0 Å². The fourth-order valence-corrected chi connectivity index (χ4v) is 0.733. The fourth-order valence-electron chi connectivity index (χ4n) is 0.733. The normalized spacial score (nSPS) is 8.42. The molecule has 3 heteroatoms. The van der Waals surface area contributed by atoms with E-state index in [2.05, 4.69) is 22.1 Å². The molecule has 0 unspecified atom stereocenters. The maximum absolute atomic E-state index is 5.46. The van der Waals surface area contributed by atoms with Crippen molar-refractivity contribution in [3.63, 3.8) is 0 Å². The minimum atomic E-state index is 0.618. The fraction of sp³-hybridized carbons (Fsp3) is 0.222. The van der Waals surface area contributed by atoms with Crippen LogP contribution in [0.3, 0.4) is 0 Å². The van der Waals surface area contributed by atoms with Gasteiger partial charge < -0.3 is 11.1 Å². The van der Waals surface area contributed by atoms with Crippen LogP contribution in [-0.4, -0.2) is 11.5 Å². The van der Waals surface area contributed by atoms with Crippen LogP contribution in [-0.2, 0) is 0 Å². The van der Waals surface area contributed by atoms with Crippen LogP contribution < -0.4 is 11.1 Å². The number of anilines is 2. The molecule has 0 amide bonds. The molecule has 0 aliphatic rings. The third-order valence-corrected chi connectivity index (χ3v) is 1.32. The van der Waals surface area contributed by atoms with Gasteiger partial charge in [0, 0.05) is 0 Å². The van der Waals surface area contributed by atoms with Crippen LogP contribution in [0.2, 0.25) is 0 Å². The van der Waals surface area contributed by atoms with Gasteiger partial charge in [0.1, 0.15) is 5.82 Å². The van der Waals surface area contributed by atoms with E-state index in [1.54, 1.807) is 19.2 Å². The molecule has 1 aromatic heterocycles. The summed E-state index contributed by atoms with van der Waals surface area (Å²) in [4.78, 5) is 4.05. The lowest BCUT2D eigenvalue weighted by atomic mass is 10.4. The molecular formula is C9H11N3. The van der Waals surface area contributed by atoms with Crippen LogP contribution in [0, 0.1) is 11.8 Å². The number of nitrogens with one attached hydrogen (secondary N) is 1. The first-order chi connectivity index (χ1) is 5.83. The number of nitrogens with two attached hydrogens (primary N) is 1. The Morgan fingerprint density at radius 2 is 2.42 bits per heavy atom. The van der Waals surface area contributed by atoms with E-state index in [1.807, 2.05) is 6.07 Å². The van der Waals surface area contributed by atoms with Gasteiger partial charge in [0.15, 0.2) is 0 Å². The average molecular weight is 161 g/mol. The molecule has 0 radical (unpaired) electrons. The Hall–Kier alpha value is -1.69. The highest BCUT2D eigenvalue weighted by Crippen LogP contribution is 2.04. The number of hydrogen-bond acceptors (Lipinski definition) is 3. The summed E-state index contributed by atoms with van der Waals surface area (Å²) >= 11 is 0. The lowest BCUT2D eigenvalue weighted by Gasteiger charge is -1.99. The number of aromatic nitrogens is 1. The van der Waals surface area contributed by atoms with Gasteiger partial charge in [-0.05, 0) is 19.1 Å². The van der Waals surface area contributed by atoms with Crippen LogP contribution in [0.5, 0.6) is 0 Å². The van der Waals surface area contributed by atoms with Crippen LogP contribution >= 0.6 is 0 Å². The summed E-state index contributed by atoms with van der Waals surface area (Å²) in [6, 6.07) is 3.63. The minimum absolute atomic E-state index is 0.618. The van der Waals surface area contributed by atoms with Crippen molar-refractivity contribution in [3.8, 4) is 11.8 Å². The lowest BCUT2D eigenvalue weighted by Crippen LogP contribution is -2.00. The van der Waals surface area contributed by atoms with Crippen molar-refractivity contribution in [2.75, 3.05) is 17.6 Å². The Bertz CT molecular complexity index is 292. The highest BCUT2D eigenvalue weighted by Gasteiger charge is 1.89. The monoisotopic (exact) mass is 161 g/mol. The number of hydrogen-bond donors (Lipinski definition) is 2. The van der Waals surface area contributed by atoms with Crippen molar-refractivity contribution >= 4 is 11.5 Å². The third-order valence-electron chi connectivity index (χ3n) is 1.32. The Kier molecular flexibility index (Phi) is 2.97. The molecule has 0 aliphatic heterocycles. The van der Waals surface area contributed by atoms with Gasteiger partial charge in [-0.2, -0.15) is 0 Å². The van der Waals surface area contributed by atoms with Gasteiger partial charge in [-0.15, -0.1) is 5.92 Å². The Labute approximate surface area is 72.0 Å². The van der Waals surface area contributed by atoms with E-state index in [4.69, 9.17) is 5.73 Å². The van der Waals surface area contributed by atoms with E-state index in [-0.39, 0.29) is 0 Å². The van der Waals surface area contributed by atoms with E-state index in [1.165, 1.54) is 0 Å². The summed E-state index contributed by atoms with van der Waals surface area (Å²) in [5.74, 6) is 6.46. The molecule has 0 aromatic carbocycles. The molecule has 62 valence electrons. The highest BCUT2D eigenvalue weighted by molar-refractivity contribution is 5.44. The molecule has 12 heavy (non-hydrogen) atoms. The molecule has 0 fully saturated rings. The van der Waals surface area contributed by atoms with Crippen LogP contribution in [0.1, 0.15) is 6.92 Å². The summed E-state index contributed by atoms with van der Waals surface area (Å²) < 4.78 is 0. The zero-order chi connectivity index (χ0) is 8.81. The van der Waals surface area contributed by atoms with Crippen molar-refractivity contribution in [1.29, 1.82) is 0 Å². The summed E-state index contributed by atoms with van der Waals surface area (Å²) in [6.45, 7) is 2.42. The molecule has 0 spiro atoms. The first kappa shape index (κ1) is 8.41. The Morgan fingerprint density at radius 3 is 3.00 bits per heavy atom. The van der Waals surface area contributed by atoms with Crippen molar-refractivity contribution in [3.05, 3.63) is 18.3 Å². The number of nitrogen functional groups attached to an aromatic ring is 1. The lowest BCUT2D eigenvalue weighted by molar-refractivity contribution is 1.25. The predicted octanol–water partition coefficient (Wildman–Crippen LogP) is 1.10. The van der Waals surface area contributed by atoms with Gasteiger partial charge in [-0.25, -0.2) is 4.98 Å². The van der Waals surface area contributed by atoms with Crippen LogP contribution in [0.15, 0.2) is 18.3 Å². The van der Waals surface area contributed by atoms with Crippen LogP contribution in [0.25, 0.3) is 0 Å². The standard InChI is InChI=1S/C9H11N3/c1-2-3-6-11-9-5-4-8(10)7-12-9/h4-5,7H,6,10H2,1H3,(H,11,12). The molecule has 3 N–H and O–H groups in total. The van der Waals surface area contributed by atoms with Crippen molar-refractivity contribution in [2.24, 2.45) is 0 Å². The first-order valence-corrected chi connectivity index (χ1v) is 3.68. The van der Waals surface area contributed by atoms with Crippen molar-refractivity contribution in [1.82, 2.24) is 4.98 Å². The van der Waals surface area contributed by atoms with Crippen molar-refractivity contribution < 1.29 is 0 Å².